The Bertz CT molecular complexity index is 1040. The lowest BCUT2D eigenvalue weighted by molar-refractivity contribution is -0.134. The smallest absolute Gasteiger partial charge is 0.325 e. The predicted molar refractivity (Wildman–Crippen MR) is 129 cm³/mol. The van der Waals surface area contributed by atoms with Crippen LogP contribution >= 0.6 is 0 Å². The molecule has 2 saturated heterocycles. The number of urea groups is 1. The van der Waals surface area contributed by atoms with E-state index in [9.17, 15) is 9.59 Å². The Balaban J connectivity index is 1.22. The third-order valence-corrected chi connectivity index (χ3v) is 7.61. The Morgan fingerprint density at radius 1 is 1.18 bits per heavy atom. The van der Waals surface area contributed by atoms with Crippen LogP contribution in [0, 0.1) is 5.92 Å². The van der Waals surface area contributed by atoms with Crippen molar-refractivity contribution in [1.82, 2.24) is 20.1 Å². The van der Waals surface area contributed by atoms with E-state index in [-0.39, 0.29) is 17.9 Å². The summed E-state index contributed by atoms with van der Waals surface area (Å²) in [6, 6.07) is 12.0. The van der Waals surface area contributed by atoms with Gasteiger partial charge in [0.05, 0.1) is 6.61 Å². The molecule has 3 aliphatic heterocycles. The SMILES string of the molecule is CCC[C@@]1(C2CCN(Cc3ccc4c(c3)CCO4)CC2)NC(=O)N(CCc2ccccn2)C1=O. The number of aromatic nitrogens is 1. The van der Waals surface area contributed by atoms with Crippen molar-refractivity contribution in [3.05, 3.63) is 59.4 Å². The molecule has 2 aromatic rings. The summed E-state index contributed by atoms with van der Waals surface area (Å²) in [5.74, 6) is 1.13. The van der Waals surface area contributed by atoms with Crippen LogP contribution in [0.15, 0.2) is 42.6 Å². The highest BCUT2D eigenvalue weighted by molar-refractivity contribution is 6.07. The Labute approximate surface area is 201 Å². The maximum absolute atomic E-state index is 13.6. The molecule has 7 nitrogen and oxygen atoms in total. The van der Waals surface area contributed by atoms with Gasteiger partial charge in [0.15, 0.2) is 0 Å². The normalized spacial score (nSPS) is 23.1. The number of likely N-dealkylation sites (tertiary alicyclic amines) is 1. The molecule has 2 fully saturated rings. The van der Waals surface area contributed by atoms with Crippen LogP contribution < -0.4 is 10.1 Å². The third-order valence-electron chi connectivity index (χ3n) is 7.61. The topological polar surface area (TPSA) is 74.8 Å². The number of hydrogen-bond acceptors (Lipinski definition) is 5. The fourth-order valence-electron chi connectivity index (χ4n) is 5.85. The number of carbonyl (C=O) groups excluding carboxylic acids is 2. The minimum absolute atomic E-state index is 0.0487. The lowest BCUT2D eigenvalue weighted by Gasteiger charge is -2.41. The molecule has 0 saturated carbocycles. The fourth-order valence-corrected chi connectivity index (χ4v) is 5.85. The summed E-state index contributed by atoms with van der Waals surface area (Å²) < 4.78 is 5.63. The standard InChI is InChI=1S/C27H34N4O3/c1-2-12-27(25(32)31(26(33)29-27)16-10-23-5-3-4-13-28-23)22-8-14-30(15-9-22)19-20-6-7-24-21(18-20)11-17-34-24/h3-7,13,18,22H,2,8-12,14-17,19H2,1H3,(H,29,33)/t27-/m0/s1. The van der Waals surface area contributed by atoms with Gasteiger partial charge in [-0.25, -0.2) is 4.79 Å². The van der Waals surface area contributed by atoms with Crippen molar-refractivity contribution in [3.8, 4) is 5.75 Å². The maximum atomic E-state index is 13.6. The van der Waals surface area contributed by atoms with Crippen molar-refractivity contribution >= 4 is 11.9 Å². The first kappa shape index (κ1) is 22.8. The highest BCUT2D eigenvalue weighted by Gasteiger charge is 2.55. The van der Waals surface area contributed by atoms with Crippen LogP contribution in [0.2, 0.25) is 0 Å². The molecule has 34 heavy (non-hydrogen) atoms. The number of nitrogens with zero attached hydrogens (tertiary/aromatic N) is 3. The van der Waals surface area contributed by atoms with Crippen LogP contribution in [0.1, 0.15) is 49.4 Å². The molecule has 7 heteroatoms. The van der Waals surface area contributed by atoms with Gasteiger partial charge in [-0.3, -0.25) is 19.6 Å². The molecule has 180 valence electrons. The third kappa shape index (κ3) is 4.41. The first-order chi connectivity index (χ1) is 16.6. The molecule has 0 aliphatic carbocycles. The number of benzene rings is 1. The largest absolute Gasteiger partial charge is 0.493 e. The van der Waals surface area contributed by atoms with Crippen LogP contribution in [0.3, 0.4) is 0 Å². The molecule has 0 radical (unpaired) electrons. The molecular formula is C27H34N4O3. The van der Waals surface area contributed by atoms with Crippen molar-refractivity contribution in [2.45, 2.75) is 57.5 Å². The fraction of sp³-hybridized carbons (Fsp3) is 0.519. The molecule has 3 amide bonds. The number of carbonyl (C=O) groups is 2. The summed E-state index contributed by atoms with van der Waals surface area (Å²) in [6.07, 6.45) is 6.68. The first-order valence-electron chi connectivity index (χ1n) is 12.6. The van der Waals surface area contributed by atoms with Gasteiger partial charge in [-0.05, 0) is 67.6 Å². The van der Waals surface area contributed by atoms with E-state index in [1.807, 2.05) is 18.2 Å². The number of imide groups is 1. The van der Waals surface area contributed by atoms with Gasteiger partial charge in [0.1, 0.15) is 11.3 Å². The minimum Gasteiger partial charge on any atom is -0.493 e. The number of amides is 3. The van der Waals surface area contributed by atoms with E-state index >= 15 is 0 Å². The van der Waals surface area contributed by atoms with Gasteiger partial charge < -0.3 is 10.1 Å². The highest BCUT2D eigenvalue weighted by Crippen LogP contribution is 2.37. The van der Waals surface area contributed by atoms with Crippen molar-refractivity contribution in [1.29, 1.82) is 0 Å². The highest BCUT2D eigenvalue weighted by atomic mass is 16.5. The van der Waals surface area contributed by atoms with Crippen LogP contribution in [-0.4, -0.2) is 58.5 Å². The number of pyridine rings is 1. The molecule has 0 spiro atoms. The summed E-state index contributed by atoms with van der Waals surface area (Å²) >= 11 is 0. The summed E-state index contributed by atoms with van der Waals surface area (Å²) in [7, 11) is 0. The van der Waals surface area contributed by atoms with E-state index in [1.165, 1.54) is 16.0 Å². The van der Waals surface area contributed by atoms with E-state index in [0.717, 1.165) is 63.4 Å². The number of ether oxygens (including phenoxy) is 1. The van der Waals surface area contributed by atoms with Crippen molar-refractivity contribution in [2.75, 3.05) is 26.2 Å². The first-order valence-corrected chi connectivity index (χ1v) is 12.6. The van der Waals surface area contributed by atoms with E-state index in [0.29, 0.717) is 19.4 Å². The molecule has 3 aliphatic rings. The summed E-state index contributed by atoms with van der Waals surface area (Å²) in [4.78, 5) is 34.7. The average molecular weight is 463 g/mol. The number of piperidine rings is 1. The van der Waals surface area contributed by atoms with Gasteiger partial charge in [0.2, 0.25) is 0 Å². The lowest BCUT2D eigenvalue weighted by atomic mass is 9.74. The van der Waals surface area contributed by atoms with Gasteiger partial charge in [0, 0.05) is 37.8 Å². The summed E-state index contributed by atoms with van der Waals surface area (Å²) in [5, 5.41) is 3.15. The Morgan fingerprint density at radius 3 is 2.79 bits per heavy atom. The van der Waals surface area contributed by atoms with Crippen molar-refractivity contribution in [2.24, 2.45) is 5.92 Å². The van der Waals surface area contributed by atoms with Gasteiger partial charge in [0.25, 0.3) is 5.91 Å². The Morgan fingerprint density at radius 2 is 2.03 bits per heavy atom. The maximum Gasteiger partial charge on any atom is 0.325 e. The molecule has 1 N–H and O–H groups in total. The van der Waals surface area contributed by atoms with E-state index < -0.39 is 5.54 Å². The van der Waals surface area contributed by atoms with E-state index in [1.54, 1.807) is 6.20 Å². The van der Waals surface area contributed by atoms with Gasteiger partial charge >= 0.3 is 6.03 Å². The number of hydrogen-bond donors (Lipinski definition) is 1. The van der Waals surface area contributed by atoms with Crippen LogP contribution in [0.5, 0.6) is 5.75 Å². The van der Waals surface area contributed by atoms with Crippen molar-refractivity contribution < 1.29 is 14.3 Å². The minimum atomic E-state index is -0.771. The zero-order chi connectivity index (χ0) is 23.5. The summed E-state index contributed by atoms with van der Waals surface area (Å²) in [5.41, 5.74) is 2.74. The molecule has 5 rings (SSSR count). The summed E-state index contributed by atoms with van der Waals surface area (Å²) in [6.45, 7) is 6.01. The zero-order valence-electron chi connectivity index (χ0n) is 20.0. The van der Waals surface area contributed by atoms with Crippen LogP contribution in [0.4, 0.5) is 4.79 Å². The van der Waals surface area contributed by atoms with Crippen LogP contribution in [0.25, 0.3) is 0 Å². The second-order valence-corrected chi connectivity index (χ2v) is 9.77. The van der Waals surface area contributed by atoms with Gasteiger partial charge in [-0.1, -0.05) is 31.5 Å². The molecule has 1 atom stereocenters. The molecule has 0 bridgehead atoms. The zero-order valence-corrected chi connectivity index (χ0v) is 20.0. The van der Waals surface area contributed by atoms with E-state index in [4.69, 9.17) is 4.74 Å². The molecule has 1 aromatic heterocycles. The average Bonchev–Trinajstić information content (AvgIpc) is 3.41. The van der Waals surface area contributed by atoms with Gasteiger partial charge in [-0.15, -0.1) is 0 Å². The lowest BCUT2D eigenvalue weighted by Crippen LogP contribution is -2.56. The molecule has 1 aromatic carbocycles. The second kappa shape index (κ2) is 9.74. The van der Waals surface area contributed by atoms with Gasteiger partial charge in [-0.2, -0.15) is 0 Å². The van der Waals surface area contributed by atoms with Crippen molar-refractivity contribution in [3.63, 3.8) is 0 Å². The number of nitrogens with one attached hydrogen (secondary N) is 1. The second-order valence-electron chi connectivity index (χ2n) is 9.77. The Hall–Kier alpha value is -2.93. The van der Waals surface area contributed by atoms with E-state index in [2.05, 4.69) is 40.3 Å². The molecular weight excluding hydrogens is 428 g/mol. The molecule has 4 heterocycles. The number of fused-ring (bicyclic) bond motifs is 1. The Kier molecular flexibility index (Phi) is 6.55. The molecule has 0 unspecified atom stereocenters. The number of rotatable bonds is 8. The monoisotopic (exact) mass is 462 g/mol. The van der Waals surface area contributed by atoms with Crippen LogP contribution in [-0.2, 0) is 24.2 Å². The predicted octanol–water partition coefficient (Wildman–Crippen LogP) is 3.56. The quantitative estimate of drug-likeness (QED) is 0.607.